The van der Waals surface area contributed by atoms with Gasteiger partial charge in [-0.2, -0.15) is 0 Å². The van der Waals surface area contributed by atoms with Crippen LogP contribution in [0.25, 0.3) is 0 Å². The van der Waals surface area contributed by atoms with E-state index in [0.29, 0.717) is 6.61 Å². The van der Waals surface area contributed by atoms with Crippen molar-refractivity contribution in [3.63, 3.8) is 0 Å². The van der Waals surface area contributed by atoms with Gasteiger partial charge in [0.1, 0.15) is 0 Å². The molecule has 148 valence electrons. The lowest BCUT2D eigenvalue weighted by molar-refractivity contribution is 0.120. The SMILES string of the molecule is CCCCC[C@@H]1C[C@@H]1C[C@@H]1C[C@@H]1CCCCCCCCOCC(C)N. The number of rotatable bonds is 17. The first kappa shape index (κ1) is 21.2. The summed E-state index contributed by atoms with van der Waals surface area (Å²) in [5, 5.41) is 0. The summed E-state index contributed by atoms with van der Waals surface area (Å²) in [4.78, 5) is 0. The maximum atomic E-state index is 5.66. The minimum atomic E-state index is 0.179. The van der Waals surface area contributed by atoms with E-state index in [9.17, 15) is 0 Å². The molecule has 0 aromatic carbocycles. The Morgan fingerprint density at radius 2 is 1.36 bits per heavy atom. The van der Waals surface area contributed by atoms with Gasteiger partial charge in [-0.3, -0.25) is 0 Å². The molecule has 2 rings (SSSR count). The van der Waals surface area contributed by atoms with Gasteiger partial charge in [-0.15, -0.1) is 0 Å². The third-order valence-electron chi connectivity index (χ3n) is 6.42. The van der Waals surface area contributed by atoms with Gasteiger partial charge in [-0.05, 0) is 56.3 Å². The fourth-order valence-electron chi connectivity index (χ4n) is 4.54. The maximum absolute atomic E-state index is 5.66. The van der Waals surface area contributed by atoms with Crippen molar-refractivity contribution in [2.24, 2.45) is 29.4 Å². The Labute approximate surface area is 157 Å². The summed E-state index contributed by atoms with van der Waals surface area (Å²) < 4.78 is 5.52. The van der Waals surface area contributed by atoms with Crippen molar-refractivity contribution >= 4 is 0 Å². The zero-order chi connectivity index (χ0) is 17.9. The highest BCUT2D eigenvalue weighted by Crippen LogP contribution is 2.54. The summed E-state index contributed by atoms with van der Waals surface area (Å²) in [5.74, 6) is 4.51. The molecule has 0 aromatic rings. The largest absolute Gasteiger partial charge is 0.380 e. The van der Waals surface area contributed by atoms with E-state index in [-0.39, 0.29) is 6.04 Å². The van der Waals surface area contributed by atoms with E-state index in [1.165, 1.54) is 70.6 Å². The van der Waals surface area contributed by atoms with Crippen LogP contribution < -0.4 is 5.73 Å². The molecular formula is C23H45NO. The molecule has 0 heterocycles. The van der Waals surface area contributed by atoms with E-state index in [1.54, 1.807) is 19.3 Å². The molecule has 2 heteroatoms. The maximum Gasteiger partial charge on any atom is 0.0614 e. The Balaban J connectivity index is 1.30. The van der Waals surface area contributed by atoms with Crippen LogP contribution in [0, 0.1) is 23.7 Å². The molecule has 5 atom stereocenters. The average Bonchev–Trinajstić information content (AvgIpc) is 3.49. The number of nitrogens with two attached hydrogens (primary N) is 1. The molecule has 0 saturated heterocycles. The van der Waals surface area contributed by atoms with Crippen molar-refractivity contribution in [3.05, 3.63) is 0 Å². The van der Waals surface area contributed by atoms with Gasteiger partial charge >= 0.3 is 0 Å². The summed E-state index contributed by atoms with van der Waals surface area (Å²) in [5.41, 5.74) is 5.66. The summed E-state index contributed by atoms with van der Waals surface area (Å²) in [6, 6.07) is 0.179. The first-order valence-electron chi connectivity index (χ1n) is 11.5. The second kappa shape index (κ2) is 12.3. The molecule has 0 radical (unpaired) electrons. The second-order valence-electron chi connectivity index (χ2n) is 9.21. The molecule has 2 aliphatic carbocycles. The monoisotopic (exact) mass is 351 g/mol. The van der Waals surface area contributed by atoms with Gasteiger partial charge in [0.2, 0.25) is 0 Å². The van der Waals surface area contributed by atoms with E-state index in [1.807, 2.05) is 6.92 Å². The van der Waals surface area contributed by atoms with E-state index >= 15 is 0 Å². The van der Waals surface area contributed by atoms with Gasteiger partial charge in [-0.25, -0.2) is 0 Å². The highest BCUT2D eigenvalue weighted by molar-refractivity contribution is 4.94. The molecule has 0 aliphatic heterocycles. The van der Waals surface area contributed by atoms with Crippen molar-refractivity contribution in [2.75, 3.05) is 13.2 Å². The van der Waals surface area contributed by atoms with Crippen LogP contribution in [0.1, 0.15) is 104 Å². The molecule has 0 aromatic heterocycles. The van der Waals surface area contributed by atoms with Crippen molar-refractivity contribution in [1.82, 2.24) is 0 Å². The fraction of sp³-hybridized carbons (Fsp3) is 1.00. The summed E-state index contributed by atoms with van der Waals surface area (Å²) in [6.07, 6.45) is 20.4. The Morgan fingerprint density at radius 1 is 0.800 bits per heavy atom. The molecule has 2 N–H and O–H groups in total. The number of hydrogen-bond donors (Lipinski definition) is 1. The molecule has 1 unspecified atom stereocenters. The van der Waals surface area contributed by atoms with Crippen LogP contribution in [0.2, 0.25) is 0 Å². The van der Waals surface area contributed by atoms with Gasteiger partial charge in [0.15, 0.2) is 0 Å². The lowest BCUT2D eigenvalue weighted by atomic mass is 10.0. The van der Waals surface area contributed by atoms with Crippen LogP contribution >= 0.6 is 0 Å². The molecule has 0 spiro atoms. The molecule has 2 nitrogen and oxygen atoms in total. The van der Waals surface area contributed by atoms with Crippen molar-refractivity contribution < 1.29 is 4.74 Å². The van der Waals surface area contributed by atoms with E-state index in [2.05, 4.69) is 6.92 Å². The zero-order valence-corrected chi connectivity index (χ0v) is 17.2. The van der Waals surface area contributed by atoms with E-state index < -0.39 is 0 Å². The van der Waals surface area contributed by atoms with Crippen LogP contribution in [0.15, 0.2) is 0 Å². The Morgan fingerprint density at radius 3 is 1.96 bits per heavy atom. The third kappa shape index (κ3) is 9.99. The Hall–Kier alpha value is -0.0800. The third-order valence-corrected chi connectivity index (χ3v) is 6.42. The van der Waals surface area contributed by atoms with Gasteiger partial charge in [-0.1, -0.05) is 71.1 Å². The highest BCUT2D eigenvalue weighted by Gasteiger charge is 2.44. The second-order valence-corrected chi connectivity index (χ2v) is 9.21. The minimum absolute atomic E-state index is 0.179. The summed E-state index contributed by atoms with van der Waals surface area (Å²) in [7, 11) is 0. The minimum Gasteiger partial charge on any atom is -0.380 e. The van der Waals surface area contributed by atoms with E-state index in [4.69, 9.17) is 10.5 Å². The van der Waals surface area contributed by atoms with Gasteiger partial charge in [0.05, 0.1) is 6.61 Å². The van der Waals surface area contributed by atoms with Crippen molar-refractivity contribution in [2.45, 2.75) is 110 Å². The summed E-state index contributed by atoms with van der Waals surface area (Å²) >= 11 is 0. The molecular weight excluding hydrogens is 306 g/mol. The molecule has 0 amide bonds. The average molecular weight is 352 g/mol. The van der Waals surface area contributed by atoms with E-state index in [0.717, 1.165) is 30.3 Å². The fourth-order valence-corrected chi connectivity index (χ4v) is 4.54. The zero-order valence-electron chi connectivity index (χ0n) is 17.2. The molecule has 2 saturated carbocycles. The first-order valence-corrected chi connectivity index (χ1v) is 11.5. The topological polar surface area (TPSA) is 35.2 Å². The number of hydrogen-bond acceptors (Lipinski definition) is 2. The lowest BCUT2D eigenvalue weighted by Gasteiger charge is -2.06. The standard InChI is InChI=1S/C23H45NO/c1-3-4-9-12-20-15-22(20)17-23-16-21(23)13-10-7-5-6-8-11-14-25-18-19(2)24/h19-23H,3-18,24H2,1-2H3/t19?,20-,21+,22-,23+/m1/s1. The van der Waals surface area contributed by atoms with Crippen LogP contribution in [0.4, 0.5) is 0 Å². The normalized spacial score (nSPS) is 28.9. The quantitative estimate of drug-likeness (QED) is 0.311. The Kier molecular flexibility index (Phi) is 10.5. The van der Waals surface area contributed by atoms with Gasteiger partial charge in [0, 0.05) is 12.6 Å². The highest BCUT2D eigenvalue weighted by atomic mass is 16.5. The number of unbranched alkanes of at least 4 members (excludes halogenated alkanes) is 7. The molecule has 25 heavy (non-hydrogen) atoms. The molecule has 2 aliphatic rings. The first-order chi connectivity index (χ1) is 12.2. The predicted molar refractivity (Wildman–Crippen MR) is 109 cm³/mol. The van der Waals surface area contributed by atoms with Crippen LogP contribution in [0.5, 0.6) is 0 Å². The van der Waals surface area contributed by atoms with Crippen molar-refractivity contribution in [3.8, 4) is 0 Å². The molecule has 0 bridgehead atoms. The van der Waals surface area contributed by atoms with Gasteiger partial charge in [0.25, 0.3) is 0 Å². The molecule has 2 fully saturated rings. The predicted octanol–water partition coefficient (Wildman–Crippen LogP) is 6.32. The van der Waals surface area contributed by atoms with Crippen LogP contribution in [-0.2, 0) is 4.74 Å². The Bertz CT molecular complexity index is 330. The van der Waals surface area contributed by atoms with Crippen LogP contribution in [0.3, 0.4) is 0 Å². The lowest BCUT2D eigenvalue weighted by Crippen LogP contribution is -2.22. The van der Waals surface area contributed by atoms with Gasteiger partial charge < -0.3 is 10.5 Å². The smallest absolute Gasteiger partial charge is 0.0614 e. The van der Waals surface area contributed by atoms with Crippen LogP contribution in [-0.4, -0.2) is 19.3 Å². The number of ether oxygens (including phenoxy) is 1. The van der Waals surface area contributed by atoms with Crippen molar-refractivity contribution in [1.29, 1.82) is 0 Å². The summed E-state index contributed by atoms with van der Waals surface area (Å²) in [6.45, 7) is 5.92.